The van der Waals surface area contributed by atoms with E-state index < -0.39 is 15.8 Å². The topological polar surface area (TPSA) is 72.0 Å². The Kier molecular flexibility index (Phi) is 3.58. The maximum atomic E-state index is 12.9. The highest BCUT2D eigenvalue weighted by molar-refractivity contribution is 9.10. The molecule has 0 saturated carbocycles. The highest BCUT2D eigenvalue weighted by Crippen LogP contribution is 2.17. The maximum Gasteiger partial charge on any atom is 0.264 e. The van der Waals surface area contributed by atoms with Gasteiger partial charge in [0.25, 0.3) is 10.0 Å². The summed E-state index contributed by atoms with van der Waals surface area (Å²) >= 11 is 3.19. The molecule has 2 aromatic rings. The number of hydrogen-bond donors (Lipinski definition) is 1. The molecular weight excluding hydrogens is 325 g/mol. The molecule has 5 nitrogen and oxygen atoms in total. The van der Waals surface area contributed by atoms with Crippen molar-refractivity contribution in [2.75, 3.05) is 4.72 Å². The normalized spacial score (nSPS) is 11.2. The third-order valence-corrected chi connectivity index (χ3v) is 3.77. The van der Waals surface area contributed by atoms with Crippen LogP contribution < -0.4 is 4.72 Å². The minimum atomic E-state index is -3.89. The Morgan fingerprint density at radius 3 is 2.72 bits per heavy atom. The van der Waals surface area contributed by atoms with E-state index in [4.69, 9.17) is 0 Å². The zero-order chi connectivity index (χ0) is 13.2. The molecule has 18 heavy (non-hydrogen) atoms. The first kappa shape index (κ1) is 12.9. The van der Waals surface area contributed by atoms with E-state index in [1.807, 2.05) is 0 Å². The Hall–Kier alpha value is -1.54. The van der Waals surface area contributed by atoms with Crippen molar-refractivity contribution in [3.05, 3.63) is 47.1 Å². The van der Waals surface area contributed by atoms with Crippen LogP contribution in [0.5, 0.6) is 0 Å². The van der Waals surface area contributed by atoms with Gasteiger partial charge in [-0.05, 0) is 18.2 Å². The lowest BCUT2D eigenvalue weighted by molar-refractivity contribution is 0.592. The van der Waals surface area contributed by atoms with Crippen LogP contribution in [0, 0.1) is 5.82 Å². The van der Waals surface area contributed by atoms with E-state index in [0.29, 0.717) is 4.47 Å². The Bertz CT molecular complexity index is 678. The van der Waals surface area contributed by atoms with E-state index in [-0.39, 0.29) is 10.7 Å². The molecule has 0 saturated heterocycles. The number of sulfonamides is 1. The van der Waals surface area contributed by atoms with E-state index >= 15 is 0 Å². The minimum absolute atomic E-state index is 0.133. The van der Waals surface area contributed by atoms with Crippen LogP contribution in [0.4, 0.5) is 10.2 Å². The lowest BCUT2D eigenvalue weighted by Gasteiger charge is -2.06. The second-order valence-corrected chi connectivity index (χ2v) is 5.90. The Labute approximate surface area is 111 Å². The maximum absolute atomic E-state index is 12.9. The van der Waals surface area contributed by atoms with Crippen molar-refractivity contribution in [1.29, 1.82) is 0 Å². The summed E-state index contributed by atoms with van der Waals surface area (Å²) in [6.07, 6.45) is 3.42. The fraction of sp³-hybridized carbons (Fsp3) is 0. The van der Waals surface area contributed by atoms with Crippen LogP contribution in [0.25, 0.3) is 0 Å². The van der Waals surface area contributed by atoms with Crippen LogP contribution in [0.15, 0.2) is 46.2 Å². The first-order valence-electron chi connectivity index (χ1n) is 4.72. The average Bonchev–Trinajstić information content (AvgIpc) is 2.28. The Balaban J connectivity index is 2.33. The fourth-order valence-corrected chi connectivity index (χ4v) is 2.50. The molecule has 0 spiro atoms. The zero-order valence-corrected chi connectivity index (χ0v) is 11.2. The van der Waals surface area contributed by atoms with E-state index in [1.54, 1.807) is 6.07 Å². The molecule has 0 fully saturated rings. The van der Waals surface area contributed by atoms with Crippen LogP contribution in [0.1, 0.15) is 0 Å². The molecule has 0 amide bonds. The van der Waals surface area contributed by atoms with Gasteiger partial charge in [0.15, 0.2) is 0 Å². The number of nitrogens with one attached hydrogen (secondary N) is 1. The van der Waals surface area contributed by atoms with Crippen LogP contribution in [0.3, 0.4) is 0 Å². The van der Waals surface area contributed by atoms with Crippen molar-refractivity contribution in [3.63, 3.8) is 0 Å². The molecule has 2 heterocycles. The summed E-state index contributed by atoms with van der Waals surface area (Å²) in [5.41, 5.74) is 0. The van der Waals surface area contributed by atoms with E-state index in [9.17, 15) is 12.8 Å². The van der Waals surface area contributed by atoms with Gasteiger partial charge in [-0.1, -0.05) is 15.9 Å². The highest BCUT2D eigenvalue weighted by Gasteiger charge is 2.16. The van der Waals surface area contributed by atoms with Gasteiger partial charge in [-0.2, -0.15) is 0 Å². The quantitative estimate of drug-likeness (QED) is 0.935. The lowest BCUT2D eigenvalue weighted by Crippen LogP contribution is -2.14. The molecular formula is C10H7BrFN3O2S. The summed E-state index contributed by atoms with van der Waals surface area (Å²) in [4.78, 5) is 7.06. The number of anilines is 1. The second kappa shape index (κ2) is 4.99. The number of rotatable bonds is 3. The van der Waals surface area contributed by atoms with Gasteiger partial charge in [0.2, 0.25) is 0 Å². The van der Waals surface area contributed by atoms with Gasteiger partial charge >= 0.3 is 0 Å². The number of pyridine rings is 2. The van der Waals surface area contributed by atoms with Crippen molar-refractivity contribution in [1.82, 2.24) is 9.97 Å². The number of aromatic nitrogens is 2. The first-order chi connectivity index (χ1) is 8.47. The molecule has 2 rings (SSSR count). The first-order valence-corrected chi connectivity index (χ1v) is 7.00. The van der Waals surface area contributed by atoms with Gasteiger partial charge in [-0.15, -0.1) is 0 Å². The van der Waals surface area contributed by atoms with Gasteiger partial charge < -0.3 is 0 Å². The summed E-state index contributed by atoms with van der Waals surface area (Å²) < 4.78 is 39.6. The smallest absolute Gasteiger partial charge is 0.263 e. The molecule has 2 aromatic heterocycles. The van der Waals surface area contributed by atoms with E-state index in [2.05, 4.69) is 30.6 Å². The number of nitrogens with zero attached hydrogens (tertiary/aromatic N) is 2. The third kappa shape index (κ3) is 3.02. The lowest BCUT2D eigenvalue weighted by atomic mass is 10.5. The second-order valence-electron chi connectivity index (χ2n) is 3.30. The molecule has 0 radical (unpaired) electrons. The summed E-state index contributed by atoms with van der Waals surface area (Å²) in [7, 11) is -3.89. The van der Waals surface area contributed by atoms with Crippen molar-refractivity contribution < 1.29 is 12.8 Å². The monoisotopic (exact) mass is 331 g/mol. The van der Waals surface area contributed by atoms with Gasteiger partial charge in [0, 0.05) is 16.9 Å². The van der Waals surface area contributed by atoms with Gasteiger partial charge in [-0.3, -0.25) is 9.71 Å². The highest BCUT2D eigenvalue weighted by atomic mass is 79.9. The average molecular weight is 332 g/mol. The molecule has 8 heteroatoms. The number of hydrogen-bond acceptors (Lipinski definition) is 4. The summed E-state index contributed by atoms with van der Waals surface area (Å²) in [6.45, 7) is 0. The molecule has 0 bridgehead atoms. The van der Waals surface area contributed by atoms with E-state index in [1.165, 1.54) is 12.3 Å². The summed E-state index contributed by atoms with van der Waals surface area (Å²) in [5, 5.41) is 0. The third-order valence-electron chi connectivity index (χ3n) is 1.95. The largest absolute Gasteiger partial charge is 0.264 e. The molecule has 1 N–H and O–H groups in total. The van der Waals surface area contributed by atoms with Gasteiger partial charge in [0.1, 0.15) is 16.5 Å². The standard InChI is InChI=1S/C10H7BrFN3O2S/c11-7-1-2-14-10(3-7)15-18(16,17)9-4-8(12)5-13-6-9/h1-6H,(H,14,15). The van der Waals surface area contributed by atoms with Crippen LogP contribution in [-0.4, -0.2) is 18.4 Å². The predicted molar refractivity (Wildman–Crippen MR) is 66.9 cm³/mol. The van der Waals surface area contributed by atoms with Crippen LogP contribution in [0.2, 0.25) is 0 Å². The minimum Gasteiger partial charge on any atom is -0.263 e. The van der Waals surface area contributed by atoms with E-state index in [0.717, 1.165) is 18.5 Å². The SMILES string of the molecule is O=S(=O)(Nc1cc(Br)ccn1)c1cncc(F)c1. The van der Waals surface area contributed by atoms with Crippen LogP contribution in [-0.2, 0) is 10.0 Å². The van der Waals surface area contributed by atoms with Crippen molar-refractivity contribution in [2.45, 2.75) is 4.90 Å². The molecule has 0 aromatic carbocycles. The van der Waals surface area contributed by atoms with Crippen LogP contribution >= 0.6 is 15.9 Å². The molecule has 0 aliphatic carbocycles. The van der Waals surface area contributed by atoms with Crippen molar-refractivity contribution in [3.8, 4) is 0 Å². The summed E-state index contributed by atoms with van der Waals surface area (Å²) in [5.74, 6) is -0.589. The Morgan fingerprint density at radius 2 is 2.06 bits per heavy atom. The molecule has 0 aliphatic rings. The van der Waals surface area contributed by atoms with Crippen molar-refractivity contribution in [2.24, 2.45) is 0 Å². The predicted octanol–water partition coefficient (Wildman–Crippen LogP) is 2.18. The molecule has 0 atom stereocenters. The molecule has 0 aliphatic heterocycles. The molecule has 0 unspecified atom stereocenters. The van der Waals surface area contributed by atoms with Crippen molar-refractivity contribution >= 4 is 31.8 Å². The fourth-order valence-electron chi connectivity index (χ4n) is 1.20. The zero-order valence-electron chi connectivity index (χ0n) is 8.84. The Morgan fingerprint density at radius 1 is 1.28 bits per heavy atom. The summed E-state index contributed by atoms with van der Waals surface area (Å²) in [6, 6.07) is 4.03. The number of halogens is 2. The van der Waals surface area contributed by atoms with Gasteiger partial charge in [0.05, 0.1) is 6.20 Å². The van der Waals surface area contributed by atoms with Gasteiger partial charge in [-0.25, -0.2) is 17.8 Å². The molecule has 94 valence electrons.